The molecule has 0 bridgehead atoms. The molecule has 0 fully saturated rings. The van der Waals surface area contributed by atoms with Crippen molar-refractivity contribution in [3.8, 4) is 11.5 Å². The molecule has 28 heavy (non-hydrogen) atoms. The Hall–Kier alpha value is -3.08. The van der Waals surface area contributed by atoms with Crippen molar-refractivity contribution in [2.45, 2.75) is 32.6 Å². The number of amides is 1. The summed E-state index contributed by atoms with van der Waals surface area (Å²) < 4.78 is 10.6. The van der Waals surface area contributed by atoms with Gasteiger partial charge in [-0.05, 0) is 59.4 Å². The van der Waals surface area contributed by atoms with Crippen molar-refractivity contribution in [3.63, 3.8) is 0 Å². The Morgan fingerprint density at radius 2 is 1.79 bits per heavy atom. The lowest BCUT2D eigenvalue weighted by Crippen LogP contribution is -2.24. The van der Waals surface area contributed by atoms with Gasteiger partial charge in [0.15, 0.2) is 0 Å². The van der Waals surface area contributed by atoms with E-state index < -0.39 is 0 Å². The predicted molar refractivity (Wildman–Crippen MR) is 112 cm³/mol. The maximum Gasteiger partial charge on any atom is 0.275 e. The van der Waals surface area contributed by atoms with Crippen molar-refractivity contribution < 1.29 is 14.3 Å². The van der Waals surface area contributed by atoms with E-state index in [0.717, 1.165) is 29.0 Å². The SMILES string of the molecule is COc1ccc(CCC2=N/C(=C/c3ccc(OC)c(C(C)C)c3)C(=O)N2)cc1. The number of carbonyl (C=O) groups excluding carboxylic acids is 1. The molecule has 3 rings (SSSR count). The molecule has 1 amide bonds. The van der Waals surface area contributed by atoms with Gasteiger partial charge >= 0.3 is 0 Å². The molecule has 0 unspecified atom stereocenters. The van der Waals surface area contributed by atoms with Gasteiger partial charge in [-0.15, -0.1) is 0 Å². The zero-order valence-corrected chi connectivity index (χ0v) is 16.8. The van der Waals surface area contributed by atoms with Crippen LogP contribution in [0.1, 0.15) is 42.9 Å². The van der Waals surface area contributed by atoms with Crippen LogP contribution in [0.3, 0.4) is 0 Å². The van der Waals surface area contributed by atoms with Crippen molar-refractivity contribution in [1.29, 1.82) is 0 Å². The number of rotatable bonds is 7. The summed E-state index contributed by atoms with van der Waals surface area (Å²) in [5, 5.41) is 2.87. The molecule has 2 aromatic rings. The second kappa shape index (κ2) is 8.74. The van der Waals surface area contributed by atoms with Crippen LogP contribution in [-0.2, 0) is 11.2 Å². The highest BCUT2D eigenvalue weighted by molar-refractivity contribution is 6.14. The predicted octanol–water partition coefficient (Wildman–Crippen LogP) is 4.33. The summed E-state index contributed by atoms with van der Waals surface area (Å²) >= 11 is 0. The minimum Gasteiger partial charge on any atom is -0.497 e. The Kier molecular flexibility index (Phi) is 6.14. The van der Waals surface area contributed by atoms with E-state index in [1.54, 1.807) is 14.2 Å². The van der Waals surface area contributed by atoms with Gasteiger partial charge in [0.25, 0.3) is 5.91 Å². The lowest BCUT2D eigenvalue weighted by molar-refractivity contribution is -0.115. The number of nitrogens with zero attached hydrogens (tertiary/aromatic N) is 1. The molecule has 0 saturated heterocycles. The maximum absolute atomic E-state index is 12.3. The van der Waals surface area contributed by atoms with Crippen LogP contribution < -0.4 is 14.8 Å². The monoisotopic (exact) mass is 378 g/mol. The minimum atomic E-state index is -0.161. The van der Waals surface area contributed by atoms with E-state index in [1.165, 1.54) is 5.56 Å². The third kappa shape index (κ3) is 4.60. The number of ether oxygens (including phenoxy) is 2. The largest absolute Gasteiger partial charge is 0.497 e. The summed E-state index contributed by atoms with van der Waals surface area (Å²) in [6.07, 6.45) is 3.30. The van der Waals surface area contributed by atoms with Crippen molar-refractivity contribution in [2.24, 2.45) is 4.99 Å². The van der Waals surface area contributed by atoms with Gasteiger partial charge in [-0.2, -0.15) is 0 Å². The second-order valence-corrected chi connectivity index (χ2v) is 7.05. The molecule has 0 radical (unpaired) electrons. The third-order valence-corrected chi connectivity index (χ3v) is 4.73. The quantitative estimate of drug-likeness (QED) is 0.730. The first kappa shape index (κ1) is 19.7. The van der Waals surface area contributed by atoms with E-state index in [1.807, 2.05) is 42.5 Å². The van der Waals surface area contributed by atoms with E-state index in [0.29, 0.717) is 23.9 Å². The summed E-state index contributed by atoms with van der Waals surface area (Å²) in [5.41, 5.74) is 3.66. The molecule has 1 N–H and O–H groups in total. The van der Waals surface area contributed by atoms with Crippen LogP contribution in [0.4, 0.5) is 0 Å². The van der Waals surface area contributed by atoms with Gasteiger partial charge in [-0.3, -0.25) is 4.79 Å². The Labute approximate surface area is 166 Å². The number of nitrogens with one attached hydrogen (secondary N) is 1. The Morgan fingerprint density at radius 1 is 1.04 bits per heavy atom. The highest BCUT2D eigenvalue weighted by atomic mass is 16.5. The van der Waals surface area contributed by atoms with Gasteiger partial charge in [0, 0.05) is 6.42 Å². The van der Waals surface area contributed by atoms with Crippen LogP contribution in [0.2, 0.25) is 0 Å². The number of aliphatic imine (C=N–C) groups is 1. The topological polar surface area (TPSA) is 59.9 Å². The van der Waals surface area contributed by atoms with Gasteiger partial charge < -0.3 is 14.8 Å². The summed E-state index contributed by atoms with van der Waals surface area (Å²) in [5.74, 6) is 2.56. The highest BCUT2D eigenvalue weighted by Gasteiger charge is 2.20. The summed E-state index contributed by atoms with van der Waals surface area (Å²) in [6.45, 7) is 4.24. The fraction of sp³-hybridized carbons (Fsp3) is 0.304. The number of benzene rings is 2. The first-order valence-corrected chi connectivity index (χ1v) is 9.41. The lowest BCUT2D eigenvalue weighted by Gasteiger charge is -2.12. The Bertz CT molecular complexity index is 912. The normalized spacial score (nSPS) is 15.0. The number of methoxy groups -OCH3 is 2. The van der Waals surface area contributed by atoms with Gasteiger partial charge in [0.05, 0.1) is 14.2 Å². The first-order chi connectivity index (χ1) is 13.5. The van der Waals surface area contributed by atoms with E-state index in [9.17, 15) is 4.79 Å². The molecule has 0 saturated carbocycles. The van der Waals surface area contributed by atoms with E-state index in [-0.39, 0.29) is 5.91 Å². The van der Waals surface area contributed by atoms with E-state index in [2.05, 4.69) is 30.2 Å². The van der Waals surface area contributed by atoms with Crippen LogP contribution in [0, 0.1) is 0 Å². The molecule has 1 aliphatic heterocycles. The average molecular weight is 378 g/mol. The maximum atomic E-state index is 12.3. The second-order valence-electron chi connectivity index (χ2n) is 7.05. The van der Waals surface area contributed by atoms with Crippen LogP contribution >= 0.6 is 0 Å². The van der Waals surface area contributed by atoms with Crippen LogP contribution in [0.25, 0.3) is 6.08 Å². The van der Waals surface area contributed by atoms with Crippen LogP contribution in [0.15, 0.2) is 53.2 Å². The fourth-order valence-corrected chi connectivity index (χ4v) is 3.14. The third-order valence-electron chi connectivity index (χ3n) is 4.73. The summed E-state index contributed by atoms with van der Waals surface area (Å²) in [4.78, 5) is 16.8. The first-order valence-electron chi connectivity index (χ1n) is 9.41. The lowest BCUT2D eigenvalue weighted by atomic mass is 9.99. The summed E-state index contributed by atoms with van der Waals surface area (Å²) in [7, 11) is 3.32. The van der Waals surface area contributed by atoms with Crippen molar-refractivity contribution >= 4 is 17.8 Å². The Morgan fingerprint density at radius 3 is 2.43 bits per heavy atom. The molecule has 2 aromatic carbocycles. The number of amidine groups is 1. The van der Waals surface area contributed by atoms with Gasteiger partial charge in [0.1, 0.15) is 23.0 Å². The zero-order valence-electron chi connectivity index (χ0n) is 16.8. The molecular formula is C23H26N2O3. The molecule has 5 heteroatoms. The van der Waals surface area contributed by atoms with Gasteiger partial charge in [0.2, 0.25) is 0 Å². The molecule has 1 heterocycles. The standard InChI is InChI=1S/C23H26N2O3/c1-15(2)19-13-17(7-11-21(19)28-4)14-20-23(26)25-22(24-20)12-8-16-5-9-18(27-3)10-6-16/h5-7,9-11,13-15H,8,12H2,1-4H3,(H,24,25,26)/b20-14+. The smallest absolute Gasteiger partial charge is 0.275 e. The molecule has 0 aliphatic carbocycles. The van der Waals surface area contributed by atoms with Crippen LogP contribution in [-0.4, -0.2) is 26.0 Å². The van der Waals surface area contributed by atoms with Crippen molar-refractivity contribution in [3.05, 3.63) is 64.9 Å². The van der Waals surface area contributed by atoms with Gasteiger partial charge in [-0.1, -0.05) is 32.0 Å². The molecule has 0 spiro atoms. The van der Waals surface area contributed by atoms with Gasteiger partial charge in [-0.25, -0.2) is 4.99 Å². The van der Waals surface area contributed by atoms with Crippen molar-refractivity contribution in [2.75, 3.05) is 14.2 Å². The zero-order chi connectivity index (χ0) is 20.1. The molecule has 146 valence electrons. The van der Waals surface area contributed by atoms with E-state index in [4.69, 9.17) is 9.47 Å². The molecule has 1 aliphatic rings. The van der Waals surface area contributed by atoms with E-state index >= 15 is 0 Å². The number of hydrogen-bond acceptors (Lipinski definition) is 4. The molecule has 0 atom stereocenters. The summed E-state index contributed by atoms with van der Waals surface area (Å²) in [6, 6.07) is 13.8. The number of aryl methyl sites for hydroxylation is 1. The molecule has 5 nitrogen and oxygen atoms in total. The number of hydrogen-bond donors (Lipinski definition) is 1. The van der Waals surface area contributed by atoms with Crippen LogP contribution in [0.5, 0.6) is 11.5 Å². The average Bonchev–Trinajstić information content (AvgIpc) is 3.06. The fourth-order valence-electron chi connectivity index (χ4n) is 3.14. The molecule has 0 aromatic heterocycles. The highest BCUT2D eigenvalue weighted by Crippen LogP contribution is 2.28. The minimum absolute atomic E-state index is 0.161. The van der Waals surface area contributed by atoms with Crippen molar-refractivity contribution in [1.82, 2.24) is 5.32 Å². The Balaban J connectivity index is 1.73. The molecular weight excluding hydrogens is 352 g/mol. The number of carbonyl (C=O) groups is 1.